The summed E-state index contributed by atoms with van der Waals surface area (Å²) >= 11 is 0. The summed E-state index contributed by atoms with van der Waals surface area (Å²) in [6.45, 7) is 1.94. The van der Waals surface area contributed by atoms with E-state index in [-0.39, 0.29) is 24.8 Å². The van der Waals surface area contributed by atoms with Crippen molar-refractivity contribution in [2.45, 2.75) is 13.3 Å². The lowest BCUT2D eigenvalue weighted by Crippen LogP contribution is -2.30. The fraction of sp³-hybridized carbons (Fsp3) is 0.714. The van der Waals surface area contributed by atoms with Gasteiger partial charge in [-0.15, -0.1) is 0 Å². The van der Waals surface area contributed by atoms with Gasteiger partial charge in [0.05, 0.1) is 12.5 Å². The van der Waals surface area contributed by atoms with Gasteiger partial charge in [-0.25, -0.2) is 0 Å². The summed E-state index contributed by atoms with van der Waals surface area (Å²) in [4.78, 5) is 23.3. The van der Waals surface area contributed by atoms with Crippen molar-refractivity contribution in [2.75, 3.05) is 13.2 Å². The number of nitrogens with zero attached hydrogens (tertiary/aromatic N) is 1. The summed E-state index contributed by atoms with van der Waals surface area (Å²) in [5.74, 6) is -0.890. The van der Waals surface area contributed by atoms with Crippen molar-refractivity contribution in [1.82, 2.24) is 4.90 Å². The first-order valence-electron chi connectivity index (χ1n) is 3.65. The molecular weight excluding hydrogens is 146 g/mol. The molecule has 1 N–H and O–H groups in total. The highest BCUT2D eigenvalue weighted by atomic mass is 16.3. The summed E-state index contributed by atoms with van der Waals surface area (Å²) in [6, 6.07) is 0. The Hall–Kier alpha value is -0.900. The number of carbonyl (C=O) groups is 2. The summed E-state index contributed by atoms with van der Waals surface area (Å²) in [5.41, 5.74) is 0. The molecule has 1 fully saturated rings. The average molecular weight is 157 g/mol. The van der Waals surface area contributed by atoms with Crippen LogP contribution in [0, 0.1) is 5.92 Å². The van der Waals surface area contributed by atoms with Crippen molar-refractivity contribution in [3.8, 4) is 0 Å². The Morgan fingerprint density at radius 2 is 2.27 bits per heavy atom. The second-order valence-corrected chi connectivity index (χ2v) is 2.56. The molecule has 11 heavy (non-hydrogen) atoms. The number of amides is 2. The minimum atomic E-state index is -0.484. The lowest BCUT2D eigenvalue weighted by atomic mass is 10.1. The molecule has 0 saturated carbocycles. The van der Waals surface area contributed by atoms with Crippen LogP contribution in [0.3, 0.4) is 0 Å². The van der Waals surface area contributed by atoms with Crippen LogP contribution in [0.5, 0.6) is 0 Å². The van der Waals surface area contributed by atoms with Gasteiger partial charge in [-0.05, 0) is 6.92 Å². The van der Waals surface area contributed by atoms with Crippen LogP contribution in [0.1, 0.15) is 13.3 Å². The maximum absolute atomic E-state index is 11.1. The molecule has 0 aromatic carbocycles. The highest BCUT2D eigenvalue weighted by molar-refractivity contribution is 6.03. The van der Waals surface area contributed by atoms with Crippen molar-refractivity contribution < 1.29 is 14.7 Å². The molecule has 0 spiro atoms. The first kappa shape index (κ1) is 8.20. The van der Waals surface area contributed by atoms with Gasteiger partial charge in [0, 0.05) is 13.0 Å². The number of hydrogen-bond donors (Lipinski definition) is 1. The second kappa shape index (κ2) is 3.00. The van der Waals surface area contributed by atoms with Gasteiger partial charge in [0.1, 0.15) is 0 Å². The molecule has 2 amide bonds. The lowest BCUT2D eigenvalue weighted by Gasteiger charge is -2.10. The number of aliphatic hydroxyl groups is 1. The van der Waals surface area contributed by atoms with Gasteiger partial charge in [-0.1, -0.05) is 0 Å². The fourth-order valence-electron chi connectivity index (χ4n) is 1.23. The van der Waals surface area contributed by atoms with E-state index in [4.69, 9.17) is 5.11 Å². The van der Waals surface area contributed by atoms with Crippen LogP contribution in [0.2, 0.25) is 0 Å². The zero-order chi connectivity index (χ0) is 8.43. The van der Waals surface area contributed by atoms with Crippen LogP contribution in [0.15, 0.2) is 0 Å². The van der Waals surface area contributed by atoms with Crippen molar-refractivity contribution >= 4 is 11.8 Å². The van der Waals surface area contributed by atoms with Gasteiger partial charge in [-0.3, -0.25) is 14.5 Å². The summed E-state index contributed by atoms with van der Waals surface area (Å²) in [7, 11) is 0. The topological polar surface area (TPSA) is 57.6 Å². The minimum absolute atomic E-state index is 0.170. The largest absolute Gasteiger partial charge is 0.396 e. The number of likely N-dealkylation sites (tertiary alicyclic amines) is 1. The molecule has 0 aromatic rings. The van der Waals surface area contributed by atoms with Crippen LogP contribution in [0.25, 0.3) is 0 Å². The van der Waals surface area contributed by atoms with Crippen molar-refractivity contribution in [1.29, 1.82) is 0 Å². The Morgan fingerprint density at radius 3 is 2.55 bits per heavy atom. The van der Waals surface area contributed by atoms with Crippen molar-refractivity contribution in [2.24, 2.45) is 5.92 Å². The minimum Gasteiger partial charge on any atom is -0.396 e. The number of imide groups is 1. The molecule has 0 aromatic heterocycles. The van der Waals surface area contributed by atoms with E-state index >= 15 is 0 Å². The Morgan fingerprint density at radius 1 is 1.64 bits per heavy atom. The molecule has 1 heterocycles. The molecule has 1 aliphatic heterocycles. The Kier molecular flexibility index (Phi) is 2.24. The molecule has 4 heteroatoms. The van der Waals surface area contributed by atoms with E-state index in [2.05, 4.69) is 0 Å². The van der Waals surface area contributed by atoms with E-state index in [1.54, 1.807) is 6.92 Å². The van der Waals surface area contributed by atoms with Gasteiger partial charge in [0.15, 0.2) is 0 Å². The molecule has 0 aliphatic carbocycles. The van der Waals surface area contributed by atoms with E-state index in [1.165, 1.54) is 4.90 Å². The van der Waals surface area contributed by atoms with Crippen molar-refractivity contribution in [3.63, 3.8) is 0 Å². The maximum atomic E-state index is 11.1. The van der Waals surface area contributed by atoms with E-state index < -0.39 is 5.92 Å². The predicted molar refractivity (Wildman–Crippen MR) is 37.6 cm³/mol. The summed E-state index contributed by atoms with van der Waals surface area (Å²) in [5, 5.41) is 8.67. The van der Waals surface area contributed by atoms with Crippen LogP contribution in [-0.2, 0) is 9.59 Å². The maximum Gasteiger partial charge on any atom is 0.235 e. The van der Waals surface area contributed by atoms with Gasteiger partial charge in [-0.2, -0.15) is 0 Å². The monoisotopic (exact) mass is 157 g/mol. The molecule has 0 bridgehead atoms. The van der Waals surface area contributed by atoms with Gasteiger partial charge in [0.2, 0.25) is 11.8 Å². The summed E-state index contributed by atoms with van der Waals surface area (Å²) < 4.78 is 0. The molecule has 1 aliphatic rings. The highest BCUT2D eigenvalue weighted by Crippen LogP contribution is 2.17. The van der Waals surface area contributed by atoms with Gasteiger partial charge < -0.3 is 5.11 Å². The smallest absolute Gasteiger partial charge is 0.235 e. The molecule has 4 nitrogen and oxygen atoms in total. The lowest BCUT2D eigenvalue weighted by molar-refractivity contribution is -0.139. The fourth-order valence-corrected chi connectivity index (χ4v) is 1.23. The quantitative estimate of drug-likeness (QED) is 0.543. The number of aliphatic hydroxyl groups excluding tert-OH is 1. The highest BCUT2D eigenvalue weighted by Gasteiger charge is 2.36. The molecule has 1 rings (SSSR count). The molecule has 1 unspecified atom stereocenters. The van der Waals surface area contributed by atoms with E-state index in [1.807, 2.05) is 0 Å². The normalized spacial score (nSPS) is 24.9. The standard InChI is InChI=1S/C7H11NO3/c1-2-8-6(10)3-5(4-9)7(8)11/h5,9H,2-4H2,1H3. The van der Waals surface area contributed by atoms with Crippen LogP contribution < -0.4 is 0 Å². The molecule has 0 radical (unpaired) electrons. The van der Waals surface area contributed by atoms with Crippen molar-refractivity contribution in [3.05, 3.63) is 0 Å². The molecule has 62 valence electrons. The van der Waals surface area contributed by atoms with Crippen LogP contribution in [0.4, 0.5) is 0 Å². The number of hydrogen-bond acceptors (Lipinski definition) is 3. The van der Waals surface area contributed by atoms with Gasteiger partial charge in [0.25, 0.3) is 0 Å². The predicted octanol–water partition coefficient (Wildman–Crippen LogP) is -0.626. The third-order valence-corrected chi connectivity index (χ3v) is 1.87. The van der Waals surface area contributed by atoms with E-state index in [0.29, 0.717) is 6.54 Å². The Bertz CT molecular complexity index is 190. The first-order chi connectivity index (χ1) is 5.20. The third kappa shape index (κ3) is 1.26. The SMILES string of the molecule is CCN1C(=O)CC(CO)C1=O. The second-order valence-electron chi connectivity index (χ2n) is 2.56. The van der Waals surface area contributed by atoms with E-state index in [9.17, 15) is 9.59 Å². The first-order valence-corrected chi connectivity index (χ1v) is 3.65. The van der Waals surface area contributed by atoms with Gasteiger partial charge >= 0.3 is 0 Å². The Balaban J connectivity index is 2.71. The van der Waals surface area contributed by atoms with Crippen LogP contribution in [-0.4, -0.2) is 35.0 Å². The van der Waals surface area contributed by atoms with E-state index in [0.717, 1.165) is 0 Å². The number of rotatable bonds is 2. The number of carbonyl (C=O) groups excluding carboxylic acids is 2. The Labute approximate surface area is 64.8 Å². The zero-order valence-corrected chi connectivity index (χ0v) is 6.41. The third-order valence-electron chi connectivity index (χ3n) is 1.87. The average Bonchev–Trinajstić information content (AvgIpc) is 2.26. The molecular formula is C7H11NO3. The molecule has 1 saturated heterocycles. The van der Waals surface area contributed by atoms with Crippen LogP contribution >= 0.6 is 0 Å². The summed E-state index contributed by atoms with van der Waals surface area (Å²) in [6.07, 6.45) is 0.170. The zero-order valence-electron chi connectivity index (χ0n) is 6.41. The molecule has 1 atom stereocenters.